The van der Waals surface area contributed by atoms with E-state index in [0.29, 0.717) is 24.4 Å². The van der Waals surface area contributed by atoms with Gasteiger partial charge in [0.05, 0.1) is 5.54 Å². The summed E-state index contributed by atoms with van der Waals surface area (Å²) in [5.74, 6) is -1.84. The molecule has 1 aromatic rings. The van der Waals surface area contributed by atoms with Crippen LogP contribution in [0.1, 0.15) is 37.7 Å². The smallest absolute Gasteiger partial charge is 0.224 e. The summed E-state index contributed by atoms with van der Waals surface area (Å²) < 4.78 is 27.0. The van der Waals surface area contributed by atoms with Gasteiger partial charge in [-0.2, -0.15) is 0 Å². The molecule has 0 heterocycles. The molecule has 1 aromatic carbocycles. The number of halogens is 3. The van der Waals surface area contributed by atoms with Crippen LogP contribution in [0.4, 0.5) is 8.78 Å². The van der Waals surface area contributed by atoms with Crippen molar-refractivity contribution in [2.75, 3.05) is 6.54 Å². The third-order valence-corrected chi connectivity index (χ3v) is 4.82. The van der Waals surface area contributed by atoms with Crippen molar-refractivity contribution in [1.82, 2.24) is 5.32 Å². The lowest BCUT2D eigenvalue weighted by molar-refractivity contribution is -0.124. The SMILES string of the molecule is CC(CN)(NC(=O)C1CC1c1cccc(F)c1F)C1CC1.Cl. The monoisotopic (exact) mass is 330 g/mol. The molecule has 3 rings (SSSR count). The lowest BCUT2D eigenvalue weighted by Gasteiger charge is -2.29. The van der Waals surface area contributed by atoms with Crippen molar-refractivity contribution in [3.05, 3.63) is 35.4 Å². The lowest BCUT2D eigenvalue weighted by atomic mass is 9.95. The molecular formula is C16H21ClF2N2O. The van der Waals surface area contributed by atoms with E-state index >= 15 is 0 Å². The third kappa shape index (κ3) is 3.10. The van der Waals surface area contributed by atoms with E-state index in [1.807, 2.05) is 6.92 Å². The molecule has 0 spiro atoms. The molecule has 3 atom stereocenters. The van der Waals surface area contributed by atoms with Gasteiger partial charge in [-0.15, -0.1) is 12.4 Å². The molecule has 122 valence electrons. The predicted molar refractivity (Wildman–Crippen MR) is 82.8 cm³/mol. The lowest BCUT2D eigenvalue weighted by Crippen LogP contribution is -2.53. The van der Waals surface area contributed by atoms with Crippen molar-refractivity contribution in [2.45, 2.75) is 37.6 Å². The number of nitrogens with two attached hydrogens (primary N) is 1. The van der Waals surface area contributed by atoms with Gasteiger partial charge in [-0.25, -0.2) is 8.78 Å². The minimum Gasteiger partial charge on any atom is -0.349 e. The Morgan fingerprint density at radius 1 is 1.41 bits per heavy atom. The topological polar surface area (TPSA) is 55.1 Å². The van der Waals surface area contributed by atoms with Gasteiger partial charge in [0.15, 0.2) is 11.6 Å². The second-order valence-electron chi connectivity index (χ2n) is 6.48. The number of nitrogens with one attached hydrogen (secondary N) is 1. The van der Waals surface area contributed by atoms with Crippen LogP contribution in [-0.4, -0.2) is 18.0 Å². The highest BCUT2D eigenvalue weighted by molar-refractivity contribution is 5.85. The second-order valence-corrected chi connectivity index (χ2v) is 6.48. The van der Waals surface area contributed by atoms with Gasteiger partial charge in [0.25, 0.3) is 0 Å². The van der Waals surface area contributed by atoms with Gasteiger partial charge in [-0.3, -0.25) is 4.79 Å². The Bertz CT molecular complexity index is 579. The first-order valence-corrected chi connectivity index (χ1v) is 7.42. The van der Waals surface area contributed by atoms with Gasteiger partial charge in [-0.1, -0.05) is 12.1 Å². The minimum atomic E-state index is -0.858. The van der Waals surface area contributed by atoms with E-state index < -0.39 is 11.6 Å². The van der Waals surface area contributed by atoms with Crippen molar-refractivity contribution >= 4 is 18.3 Å². The van der Waals surface area contributed by atoms with E-state index in [1.54, 1.807) is 6.07 Å². The fourth-order valence-corrected chi connectivity index (χ4v) is 3.05. The number of hydrogen-bond donors (Lipinski definition) is 2. The molecule has 2 saturated carbocycles. The van der Waals surface area contributed by atoms with Crippen molar-refractivity contribution in [3.8, 4) is 0 Å². The van der Waals surface area contributed by atoms with Crippen LogP contribution in [0.25, 0.3) is 0 Å². The van der Waals surface area contributed by atoms with E-state index in [-0.39, 0.29) is 35.7 Å². The average molecular weight is 331 g/mol. The van der Waals surface area contributed by atoms with Crippen molar-refractivity contribution in [3.63, 3.8) is 0 Å². The van der Waals surface area contributed by atoms with E-state index in [4.69, 9.17) is 5.73 Å². The molecule has 3 nitrogen and oxygen atoms in total. The normalized spacial score (nSPS) is 25.8. The van der Waals surface area contributed by atoms with Crippen LogP contribution in [0.15, 0.2) is 18.2 Å². The summed E-state index contributed by atoms with van der Waals surface area (Å²) in [6, 6.07) is 4.13. The Labute approximate surface area is 135 Å². The van der Waals surface area contributed by atoms with Gasteiger partial charge in [-0.05, 0) is 49.7 Å². The molecule has 22 heavy (non-hydrogen) atoms. The van der Waals surface area contributed by atoms with Crippen molar-refractivity contribution in [2.24, 2.45) is 17.6 Å². The number of benzene rings is 1. The van der Waals surface area contributed by atoms with Crippen LogP contribution in [-0.2, 0) is 4.79 Å². The van der Waals surface area contributed by atoms with Crippen LogP contribution in [0.5, 0.6) is 0 Å². The molecule has 2 fully saturated rings. The first-order valence-electron chi connectivity index (χ1n) is 7.42. The largest absolute Gasteiger partial charge is 0.349 e. The first-order chi connectivity index (χ1) is 9.96. The second kappa shape index (κ2) is 6.13. The molecule has 6 heteroatoms. The molecule has 0 radical (unpaired) electrons. The Kier molecular flexibility index (Phi) is 4.78. The third-order valence-electron chi connectivity index (χ3n) is 4.82. The number of rotatable bonds is 5. The Morgan fingerprint density at radius 2 is 2.09 bits per heavy atom. The summed E-state index contributed by atoms with van der Waals surface area (Å²) in [7, 11) is 0. The maximum Gasteiger partial charge on any atom is 0.224 e. The molecule has 0 aliphatic heterocycles. The van der Waals surface area contributed by atoms with Gasteiger partial charge in [0.2, 0.25) is 5.91 Å². The molecule has 2 aliphatic carbocycles. The molecule has 3 N–H and O–H groups in total. The molecule has 0 aromatic heterocycles. The zero-order chi connectivity index (χ0) is 15.2. The summed E-state index contributed by atoms with van der Waals surface area (Å²) in [5.41, 5.74) is 5.71. The number of hydrogen-bond acceptors (Lipinski definition) is 2. The van der Waals surface area contributed by atoms with Crippen molar-refractivity contribution in [1.29, 1.82) is 0 Å². The highest BCUT2D eigenvalue weighted by Gasteiger charge is 2.49. The van der Waals surface area contributed by atoms with E-state index in [0.717, 1.165) is 18.9 Å². The predicted octanol–water partition coefficient (Wildman–Crippen LogP) is 2.73. The number of carbonyl (C=O) groups excluding carboxylic acids is 1. The van der Waals surface area contributed by atoms with Crippen LogP contribution < -0.4 is 11.1 Å². The van der Waals surface area contributed by atoms with E-state index in [1.165, 1.54) is 6.07 Å². The summed E-state index contributed by atoms with van der Waals surface area (Å²) in [6.07, 6.45) is 2.73. The standard InChI is InChI=1S/C16H20F2N2O.ClH/c1-16(8-19,9-5-6-9)20-15(21)12-7-11(12)10-3-2-4-13(17)14(10)18;/h2-4,9,11-12H,5-8,19H2,1H3,(H,20,21);1H. The molecule has 2 aliphatic rings. The number of amides is 1. The van der Waals surface area contributed by atoms with Crippen LogP contribution in [0.3, 0.4) is 0 Å². The summed E-state index contributed by atoms with van der Waals surface area (Å²) in [6.45, 7) is 2.36. The van der Waals surface area contributed by atoms with Crippen LogP contribution >= 0.6 is 12.4 Å². The summed E-state index contributed by atoms with van der Waals surface area (Å²) in [4.78, 5) is 12.3. The Morgan fingerprint density at radius 3 is 2.68 bits per heavy atom. The molecule has 3 unspecified atom stereocenters. The fourth-order valence-electron chi connectivity index (χ4n) is 3.05. The molecule has 0 saturated heterocycles. The fraction of sp³-hybridized carbons (Fsp3) is 0.562. The van der Waals surface area contributed by atoms with Crippen molar-refractivity contribution < 1.29 is 13.6 Å². The van der Waals surface area contributed by atoms with Gasteiger partial charge in [0.1, 0.15) is 0 Å². The van der Waals surface area contributed by atoms with E-state index in [2.05, 4.69) is 5.32 Å². The summed E-state index contributed by atoms with van der Waals surface area (Å²) in [5, 5.41) is 3.02. The van der Waals surface area contributed by atoms with Gasteiger partial charge in [0, 0.05) is 12.5 Å². The Hall–Kier alpha value is -1.20. The number of carbonyl (C=O) groups is 1. The van der Waals surface area contributed by atoms with E-state index in [9.17, 15) is 13.6 Å². The quantitative estimate of drug-likeness (QED) is 0.872. The first kappa shape index (κ1) is 17.2. The average Bonchev–Trinajstić information content (AvgIpc) is 3.33. The zero-order valence-corrected chi connectivity index (χ0v) is 13.3. The highest BCUT2D eigenvalue weighted by Crippen LogP contribution is 2.49. The molecule has 1 amide bonds. The van der Waals surface area contributed by atoms with Gasteiger partial charge < -0.3 is 11.1 Å². The molecular weight excluding hydrogens is 310 g/mol. The maximum absolute atomic E-state index is 13.7. The van der Waals surface area contributed by atoms with Crippen LogP contribution in [0, 0.1) is 23.5 Å². The Balaban J connectivity index is 0.00000176. The minimum absolute atomic E-state index is 0. The van der Waals surface area contributed by atoms with Gasteiger partial charge >= 0.3 is 0 Å². The highest BCUT2D eigenvalue weighted by atomic mass is 35.5. The zero-order valence-electron chi connectivity index (χ0n) is 12.4. The maximum atomic E-state index is 13.7. The summed E-state index contributed by atoms with van der Waals surface area (Å²) >= 11 is 0. The molecule has 0 bridgehead atoms. The van der Waals surface area contributed by atoms with Crippen LogP contribution in [0.2, 0.25) is 0 Å².